The first-order valence-electron chi connectivity index (χ1n) is 9.51. The maximum absolute atomic E-state index is 12.4. The zero-order valence-electron chi connectivity index (χ0n) is 15.5. The summed E-state index contributed by atoms with van der Waals surface area (Å²) in [4.78, 5) is 21.6. The number of anilines is 1. The number of carbonyl (C=O) groups is 1. The molecule has 5 nitrogen and oxygen atoms in total. The Morgan fingerprint density at radius 1 is 1.12 bits per heavy atom. The average Bonchev–Trinajstić information content (AvgIpc) is 2.72. The lowest BCUT2D eigenvalue weighted by Crippen LogP contribution is -2.46. The highest BCUT2D eigenvalue weighted by atomic mass is 16.1. The number of likely N-dealkylation sites (N-methyl/N-ethyl adjacent to an activating group) is 1. The number of carbonyl (C=O) groups excluding carboxylic acids is 1. The van der Waals surface area contributed by atoms with Crippen LogP contribution in [0.25, 0.3) is 0 Å². The fraction of sp³-hybridized carbons (Fsp3) is 0.429. The third-order valence-corrected chi connectivity index (χ3v) is 4.92. The number of aromatic nitrogens is 1. The van der Waals surface area contributed by atoms with Gasteiger partial charge in [0, 0.05) is 44.5 Å². The van der Waals surface area contributed by atoms with Gasteiger partial charge >= 0.3 is 0 Å². The first-order chi connectivity index (χ1) is 12.8. The number of pyridine rings is 1. The topological polar surface area (TPSA) is 48.5 Å². The standard InChI is InChI=1S/C21H28N4O/c1-2-24-13-15-25(16-14-24)20-17-19(10-12-22-20)21(26)23-11-6-9-18-7-4-3-5-8-18/h3-5,7-8,10,12,17H,2,6,9,11,13-16H2,1H3,(H,23,26). The molecule has 2 heterocycles. The summed E-state index contributed by atoms with van der Waals surface area (Å²) in [6, 6.07) is 14.1. The lowest BCUT2D eigenvalue weighted by molar-refractivity contribution is 0.0953. The Kier molecular flexibility index (Phi) is 6.61. The SMILES string of the molecule is CCN1CCN(c2cc(C(=O)NCCCc3ccccc3)ccn2)CC1. The molecule has 1 fully saturated rings. The summed E-state index contributed by atoms with van der Waals surface area (Å²) in [5.41, 5.74) is 1.99. The van der Waals surface area contributed by atoms with Gasteiger partial charge in [-0.1, -0.05) is 37.3 Å². The number of rotatable bonds is 7. The van der Waals surface area contributed by atoms with Crippen LogP contribution in [0.4, 0.5) is 5.82 Å². The molecule has 0 radical (unpaired) electrons. The number of benzene rings is 1. The molecule has 0 bridgehead atoms. The zero-order valence-corrected chi connectivity index (χ0v) is 15.5. The molecule has 1 aliphatic heterocycles. The van der Waals surface area contributed by atoms with E-state index < -0.39 is 0 Å². The van der Waals surface area contributed by atoms with Crippen molar-refractivity contribution in [2.45, 2.75) is 19.8 Å². The number of amides is 1. The van der Waals surface area contributed by atoms with Crippen molar-refractivity contribution in [3.63, 3.8) is 0 Å². The van der Waals surface area contributed by atoms with E-state index in [0.717, 1.165) is 51.4 Å². The summed E-state index contributed by atoms with van der Waals surface area (Å²) >= 11 is 0. The molecular formula is C21H28N4O. The fourth-order valence-electron chi connectivity index (χ4n) is 3.27. The van der Waals surface area contributed by atoms with E-state index in [0.29, 0.717) is 12.1 Å². The molecule has 0 atom stereocenters. The number of hydrogen-bond donors (Lipinski definition) is 1. The van der Waals surface area contributed by atoms with Crippen molar-refractivity contribution in [1.29, 1.82) is 0 Å². The first kappa shape index (κ1) is 18.4. The minimum absolute atomic E-state index is 0.0195. The van der Waals surface area contributed by atoms with Crippen molar-refractivity contribution in [1.82, 2.24) is 15.2 Å². The molecule has 0 saturated carbocycles. The highest BCUT2D eigenvalue weighted by Crippen LogP contribution is 2.15. The minimum atomic E-state index is -0.0195. The normalized spacial score (nSPS) is 15.0. The Morgan fingerprint density at radius 3 is 2.62 bits per heavy atom. The molecule has 2 aromatic rings. The number of hydrogen-bond acceptors (Lipinski definition) is 4. The minimum Gasteiger partial charge on any atom is -0.354 e. The van der Waals surface area contributed by atoms with Gasteiger partial charge in [-0.05, 0) is 37.1 Å². The molecule has 1 saturated heterocycles. The summed E-state index contributed by atoms with van der Waals surface area (Å²) in [6.45, 7) is 7.98. The summed E-state index contributed by atoms with van der Waals surface area (Å²) in [7, 11) is 0. The van der Waals surface area contributed by atoms with Gasteiger partial charge in [0.15, 0.2) is 0 Å². The van der Waals surface area contributed by atoms with E-state index in [1.54, 1.807) is 12.3 Å². The van der Waals surface area contributed by atoms with Crippen LogP contribution in [-0.2, 0) is 6.42 Å². The van der Waals surface area contributed by atoms with E-state index in [4.69, 9.17) is 0 Å². The molecule has 1 amide bonds. The maximum Gasteiger partial charge on any atom is 0.251 e. The molecule has 1 N–H and O–H groups in total. The summed E-state index contributed by atoms with van der Waals surface area (Å²) < 4.78 is 0. The van der Waals surface area contributed by atoms with Gasteiger partial charge in [0.2, 0.25) is 0 Å². The molecular weight excluding hydrogens is 324 g/mol. The molecule has 5 heteroatoms. The third kappa shape index (κ3) is 5.05. The van der Waals surface area contributed by atoms with Crippen molar-refractivity contribution in [3.8, 4) is 0 Å². The predicted octanol–water partition coefficient (Wildman–Crippen LogP) is 2.59. The van der Waals surface area contributed by atoms with Gasteiger partial charge in [0.05, 0.1) is 0 Å². The molecule has 0 unspecified atom stereocenters. The second kappa shape index (κ2) is 9.34. The van der Waals surface area contributed by atoms with Crippen LogP contribution in [-0.4, -0.2) is 55.1 Å². The lowest BCUT2D eigenvalue weighted by atomic mass is 10.1. The molecule has 1 aromatic carbocycles. The number of nitrogens with one attached hydrogen (secondary N) is 1. The monoisotopic (exact) mass is 352 g/mol. The van der Waals surface area contributed by atoms with Gasteiger partial charge in [0.25, 0.3) is 5.91 Å². The van der Waals surface area contributed by atoms with Crippen molar-refractivity contribution >= 4 is 11.7 Å². The Morgan fingerprint density at radius 2 is 1.88 bits per heavy atom. The van der Waals surface area contributed by atoms with Gasteiger partial charge in [-0.15, -0.1) is 0 Å². The molecule has 3 rings (SSSR count). The van der Waals surface area contributed by atoms with Crippen LogP contribution in [0.2, 0.25) is 0 Å². The van der Waals surface area contributed by atoms with Crippen molar-refractivity contribution in [2.24, 2.45) is 0 Å². The molecule has 1 aromatic heterocycles. The lowest BCUT2D eigenvalue weighted by Gasteiger charge is -2.34. The zero-order chi connectivity index (χ0) is 18.2. The smallest absolute Gasteiger partial charge is 0.251 e. The Bertz CT molecular complexity index is 696. The quantitative estimate of drug-likeness (QED) is 0.778. The summed E-state index contributed by atoms with van der Waals surface area (Å²) in [5, 5.41) is 3.02. The molecule has 138 valence electrons. The van der Waals surface area contributed by atoms with Gasteiger partial charge in [-0.25, -0.2) is 4.98 Å². The van der Waals surface area contributed by atoms with Gasteiger partial charge in [-0.3, -0.25) is 4.79 Å². The Labute approximate surface area is 156 Å². The number of nitrogens with zero attached hydrogens (tertiary/aromatic N) is 3. The van der Waals surface area contributed by atoms with Crippen LogP contribution in [0.1, 0.15) is 29.3 Å². The van der Waals surface area contributed by atoms with E-state index in [2.05, 4.69) is 39.2 Å². The van der Waals surface area contributed by atoms with Gasteiger partial charge in [0.1, 0.15) is 5.82 Å². The largest absolute Gasteiger partial charge is 0.354 e. The van der Waals surface area contributed by atoms with Crippen LogP contribution in [0.15, 0.2) is 48.7 Å². The van der Waals surface area contributed by atoms with Crippen LogP contribution >= 0.6 is 0 Å². The highest BCUT2D eigenvalue weighted by molar-refractivity contribution is 5.94. The van der Waals surface area contributed by atoms with Crippen LogP contribution in [0, 0.1) is 0 Å². The van der Waals surface area contributed by atoms with Crippen LogP contribution in [0.3, 0.4) is 0 Å². The number of aryl methyl sites for hydroxylation is 1. The van der Waals surface area contributed by atoms with E-state index in [1.165, 1.54) is 5.56 Å². The number of piperazine rings is 1. The second-order valence-corrected chi connectivity index (χ2v) is 6.67. The van der Waals surface area contributed by atoms with Crippen molar-refractivity contribution in [3.05, 3.63) is 59.8 Å². The van der Waals surface area contributed by atoms with E-state index >= 15 is 0 Å². The van der Waals surface area contributed by atoms with E-state index in [1.807, 2.05) is 24.3 Å². The van der Waals surface area contributed by atoms with Gasteiger partial charge in [-0.2, -0.15) is 0 Å². The molecule has 0 aliphatic carbocycles. The highest BCUT2D eigenvalue weighted by Gasteiger charge is 2.17. The van der Waals surface area contributed by atoms with Crippen LogP contribution < -0.4 is 10.2 Å². The third-order valence-electron chi connectivity index (χ3n) is 4.92. The van der Waals surface area contributed by atoms with Crippen molar-refractivity contribution in [2.75, 3.05) is 44.2 Å². The molecule has 1 aliphatic rings. The van der Waals surface area contributed by atoms with E-state index in [-0.39, 0.29) is 5.91 Å². The Hall–Kier alpha value is -2.40. The Balaban J connectivity index is 1.48. The maximum atomic E-state index is 12.4. The van der Waals surface area contributed by atoms with E-state index in [9.17, 15) is 4.79 Å². The molecule has 26 heavy (non-hydrogen) atoms. The first-order valence-corrected chi connectivity index (χ1v) is 9.51. The van der Waals surface area contributed by atoms with Gasteiger partial charge < -0.3 is 15.1 Å². The van der Waals surface area contributed by atoms with Crippen molar-refractivity contribution < 1.29 is 4.79 Å². The average molecular weight is 352 g/mol. The molecule has 0 spiro atoms. The van der Waals surface area contributed by atoms with Crippen LogP contribution in [0.5, 0.6) is 0 Å². The summed E-state index contributed by atoms with van der Waals surface area (Å²) in [5.74, 6) is 0.881. The predicted molar refractivity (Wildman–Crippen MR) is 106 cm³/mol. The fourth-order valence-corrected chi connectivity index (χ4v) is 3.27. The summed E-state index contributed by atoms with van der Waals surface area (Å²) in [6.07, 6.45) is 3.65. The second-order valence-electron chi connectivity index (χ2n) is 6.67.